The van der Waals surface area contributed by atoms with Crippen molar-refractivity contribution < 1.29 is 14.2 Å². The molecule has 0 saturated carbocycles. The second kappa shape index (κ2) is 9.12. The Hall–Kier alpha value is -4.14. The highest BCUT2D eigenvalue weighted by Gasteiger charge is 2.15. The van der Waals surface area contributed by atoms with Crippen LogP contribution in [-0.2, 0) is 6.54 Å². The number of benzene rings is 2. The molecule has 31 heavy (non-hydrogen) atoms. The van der Waals surface area contributed by atoms with Gasteiger partial charge in [0, 0.05) is 36.8 Å². The Labute approximate surface area is 179 Å². The van der Waals surface area contributed by atoms with Gasteiger partial charge >= 0.3 is 0 Å². The van der Waals surface area contributed by atoms with E-state index in [1.54, 1.807) is 45.9 Å². The largest absolute Gasteiger partial charge is 0.493 e. The van der Waals surface area contributed by atoms with E-state index in [0.29, 0.717) is 52.4 Å². The van der Waals surface area contributed by atoms with E-state index in [2.05, 4.69) is 30.6 Å². The highest BCUT2D eigenvalue weighted by atomic mass is 16.5. The van der Waals surface area contributed by atoms with E-state index in [1.807, 2.05) is 30.3 Å². The van der Waals surface area contributed by atoms with Gasteiger partial charge in [0.2, 0.25) is 11.7 Å². The summed E-state index contributed by atoms with van der Waals surface area (Å²) in [7, 11) is 4.69. The highest BCUT2D eigenvalue weighted by molar-refractivity contribution is 5.83. The van der Waals surface area contributed by atoms with Crippen LogP contribution in [0.15, 0.2) is 54.9 Å². The van der Waals surface area contributed by atoms with Gasteiger partial charge in [-0.3, -0.25) is 0 Å². The minimum atomic E-state index is 0.359. The van der Waals surface area contributed by atoms with E-state index < -0.39 is 0 Å². The molecule has 4 rings (SSSR count). The maximum absolute atomic E-state index is 5.42. The van der Waals surface area contributed by atoms with Crippen molar-refractivity contribution in [1.82, 2.24) is 19.9 Å². The molecule has 158 valence electrons. The van der Waals surface area contributed by atoms with Crippen LogP contribution in [0.25, 0.3) is 11.2 Å². The summed E-state index contributed by atoms with van der Waals surface area (Å²) in [6.45, 7) is 0.590. The van der Waals surface area contributed by atoms with Crippen molar-refractivity contribution in [1.29, 1.82) is 0 Å². The van der Waals surface area contributed by atoms with Crippen LogP contribution in [-0.4, -0.2) is 41.3 Å². The van der Waals surface area contributed by atoms with E-state index in [0.717, 1.165) is 5.56 Å². The average molecular weight is 418 g/mol. The molecule has 0 radical (unpaired) electrons. The predicted octanol–water partition coefficient (Wildman–Crippen LogP) is 3.80. The summed E-state index contributed by atoms with van der Waals surface area (Å²) in [5.41, 5.74) is 2.86. The van der Waals surface area contributed by atoms with Crippen molar-refractivity contribution >= 4 is 28.6 Å². The lowest BCUT2D eigenvalue weighted by Gasteiger charge is -2.15. The van der Waals surface area contributed by atoms with Gasteiger partial charge in [-0.05, 0) is 5.56 Å². The Morgan fingerprint density at radius 3 is 2.23 bits per heavy atom. The van der Waals surface area contributed by atoms with Gasteiger partial charge in [0.25, 0.3) is 0 Å². The Bertz CT molecular complexity index is 1160. The fourth-order valence-corrected chi connectivity index (χ4v) is 3.11. The van der Waals surface area contributed by atoms with Crippen molar-refractivity contribution in [2.24, 2.45) is 0 Å². The molecule has 2 aromatic heterocycles. The van der Waals surface area contributed by atoms with Gasteiger partial charge in [-0.15, -0.1) is 0 Å². The van der Waals surface area contributed by atoms with Crippen molar-refractivity contribution in [3.05, 3.63) is 60.4 Å². The summed E-state index contributed by atoms with van der Waals surface area (Å²) in [5.74, 6) is 2.49. The average Bonchev–Trinajstić information content (AvgIpc) is 2.82. The summed E-state index contributed by atoms with van der Waals surface area (Å²) in [4.78, 5) is 17.8. The fraction of sp³-hybridized carbons (Fsp3) is 0.182. The molecule has 9 nitrogen and oxygen atoms in total. The molecule has 9 heteroatoms. The smallest absolute Gasteiger partial charge is 0.231 e. The molecule has 0 saturated heterocycles. The maximum atomic E-state index is 5.42. The Morgan fingerprint density at radius 1 is 0.839 bits per heavy atom. The number of anilines is 3. The first-order valence-corrected chi connectivity index (χ1v) is 9.55. The van der Waals surface area contributed by atoms with Gasteiger partial charge in [-0.2, -0.15) is 9.97 Å². The topological polar surface area (TPSA) is 103 Å². The zero-order valence-electron chi connectivity index (χ0n) is 17.4. The monoisotopic (exact) mass is 418 g/mol. The van der Waals surface area contributed by atoms with Crippen molar-refractivity contribution in [2.45, 2.75) is 6.54 Å². The standard InChI is InChI=1S/C22H22N6O3/c1-29-16-11-15(12-17(30-2)19(16)31-3)26-22-27-20-18(23-9-10-24-20)21(28-22)25-13-14-7-5-4-6-8-14/h4-12H,13H2,1-3H3,(H2,24,25,26,27,28). The molecule has 0 spiro atoms. The fourth-order valence-electron chi connectivity index (χ4n) is 3.11. The molecule has 0 unspecified atom stereocenters. The molecule has 2 N–H and O–H groups in total. The minimum Gasteiger partial charge on any atom is -0.493 e. The zero-order chi connectivity index (χ0) is 21.6. The number of nitrogens with one attached hydrogen (secondary N) is 2. The van der Waals surface area contributed by atoms with Gasteiger partial charge in [-0.1, -0.05) is 30.3 Å². The third-order valence-electron chi connectivity index (χ3n) is 4.56. The molecule has 0 aliphatic heterocycles. The number of nitrogens with zero attached hydrogens (tertiary/aromatic N) is 4. The summed E-state index contributed by atoms with van der Waals surface area (Å²) < 4.78 is 16.2. The molecule has 0 fully saturated rings. The normalized spacial score (nSPS) is 10.5. The second-order valence-corrected chi connectivity index (χ2v) is 6.50. The lowest BCUT2D eigenvalue weighted by Crippen LogP contribution is -2.07. The summed E-state index contributed by atoms with van der Waals surface area (Å²) >= 11 is 0. The molecule has 0 amide bonds. The van der Waals surface area contributed by atoms with E-state index >= 15 is 0 Å². The Kier molecular flexibility index (Phi) is 5.93. The van der Waals surface area contributed by atoms with Crippen LogP contribution in [0.5, 0.6) is 17.2 Å². The lowest BCUT2D eigenvalue weighted by molar-refractivity contribution is 0.324. The first-order valence-electron chi connectivity index (χ1n) is 9.55. The Balaban J connectivity index is 1.68. The molecule has 4 aromatic rings. The third kappa shape index (κ3) is 4.40. The number of hydrogen-bond donors (Lipinski definition) is 2. The number of hydrogen-bond acceptors (Lipinski definition) is 9. The summed E-state index contributed by atoms with van der Waals surface area (Å²) in [6, 6.07) is 13.6. The number of aromatic nitrogens is 4. The quantitative estimate of drug-likeness (QED) is 0.442. The van der Waals surface area contributed by atoms with Crippen molar-refractivity contribution in [3.8, 4) is 17.2 Å². The van der Waals surface area contributed by atoms with Gasteiger partial charge in [-0.25, -0.2) is 9.97 Å². The lowest BCUT2D eigenvalue weighted by atomic mass is 10.2. The van der Waals surface area contributed by atoms with Gasteiger partial charge < -0.3 is 24.8 Å². The maximum Gasteiger partial charge on any atom is 0.231 e. The van der Waals surface area contributed by atoms with E-state index in [1.165, 1.54) is 0 Å². The van der Waals surface area contributed by atoms with Crippen LogP contribution < -0.4 is 24.8 Å². The summed E-state index contributed by atoms with van der Waals surface area (Å²) in [6.07, 6.45) is 3.21. The first-order chi connectivity index (χ1) is 15.2. The first kappa shape index (κ1) is 20.1. The third-order valence-corrected chi connectivity index (χ3v) is 4.56. The molecule has 2 aromatic carbocycles. The summed E-state index contributed by atoms with van der Waals surface area (Å²) in [5, 5.41) is 6.52. The SMILES string of the molecule is COc1cc(Nc2nc(NCc3ccccc3)c3nccnc3n2)cc(OC)c1OC. The van der Waals surface area contributed by atoms with E-state index in [9.17, 15) is 0 Å². The molecule has 0 atom stereocenters. The number of fused-ring (bicyclic) bond motifs is 1. The van der Waals surface area contributed by atoms with E-state index in [-0.39, 0.29) is 0 Å². The van der Waals surface area contributed by atoms with Crippen LogP contribution in [0.1, 0.15) is 5.56 Å². The molecule has 0 bridgehead atoms. The van der Waals surface area contributed by atoms with E-state index in [4.69, 9.17) is 14.2 Å². The predicted molar refractivity (Wildman–Crippen MR) is 118 cm³/mol. The van der Waals surface area contributed by atoms with Crippen LogP contribution in [0.2, 0.25) is 0 Å². The second-order valence-electron chi connectivity index (χ2n) is 6.50. The van der Waals surface area contributed by atoms with Crippen molar-refractivity contribution in [3.63, 3.8) is 0 Å². The van der Waals surface area contributed by atoms with Crippen LogP contribution in [0.4, 0.5) is 17.5 Å². The molecule has 0 aliphatic carbocycles. The number of rotatable bonds is 8. The van der Waals surface area contributed by atoms with Crippen LogP contribution in [0, 0.1) is 0 Å². The Morgan fingerprint density at radius 2 is 1.55 bits per heavy atom. The zero-order valence-corrected chi connectivity index (χ0v) is 17.4. The van der Waals surface area contributed by atoms with Crippen LogP contribution in [0.3, 0.4) is 0 Å². The molecule has 2 heterocycles. The van der Waals surface area contributed by atoms with Crippen LogP contribution >= 0.6 is 0 Å². The number of methoxy groups -OCH3 is 3. The van der Waals surface area contributed by atoms with Crippen molar-refractivity contribution in [2.75, 3.05) is 32.0 Å². The minimum absolute atomic E-state index is 0.359. The highest BCUT2D eigenvalue weighted by Crippen LogP contribution is 2.40. The molecule has 0 aliphatic rings. The molecular formula is C22H22N6O3. The van der Waals surface area contributed by atoms with Gasteiger partial charge in [0.05, 0.1) is 21.3 Å². The van der Waals surface area contributed by atoms with Gasteiger partial charge in [0.15, 0.2) is 28.5 Å². The van der Waals surface area contributed by atoms with Gasteiger partial charge in [0.1, 0.15) is 0 Å². The number of ether oxygens (including phenoxy) is 3. The molecular weight excluding hydrogens is 396 g/mol.